The summed E-state index contributed by atoms with van der Waals surface area (Å²) in [6.07, 6.45) is 2.23. The number of carbonyl (C=O) groups is 5. The fourth-order valence-corrected chi connectivity index (χ4v) is 9.57. The summed E-state index contributed by atoms with van der Waals surface area (Å²) >= 11 is 1.60. The second-order valence-corrected chi connectivity index (χ2v) is 19.8. The molecule has 3 heterocycles. The van der Waals surface area contributed by atoms with Crippen LogP contribution in [0.25, 0.3) is 0 Å². The maximum Gasteiger partial charge on any atom is 0.329 e. The Morgan fingerprint density at radius 3 is 2.27 bits per heavy atom. The minimum Gasteiger partial charge on any atom is -0.497 e. The molecule has 0 spiro atoms. The number of fused-ring (bicyclic) bond motifs is 2. The minimum absolute atomic E-state index is 0.00766. The molecule has 2 N–H and O–H groups in total. The molecule has 2 bridgehead atoms. The van der Waals surface area contributed by atoms with Crippen LogP contribution in [0.5, 0.6) is 5.75 Å². The van der Waals surface area contributed by atoms with Crippen LogP contribution in [-0.4, -0.2) is 130 Å². The number of amides is 4. The van der Waals surface area contributed by atoms with Crippen molar-refractivity contribution in [2.45, 2.75) is 156 Å². The van der Waals surface area contributed by atoms with E-state index in [-0.39, 0.29) is 42.5 Å². The number of thioether (sulfide) groups is 1. The van der Waals surface area contributed by atoms with Gasteiger partial charge in [0.2, 0.25) is 23.6 Å². The summed E-state index contributed by atoms with van der Waals surface area (Å²) in [5.41, 5.74) is -0.260. The monoisotopic (exact) mass is 842 g/mol. The van der Waals surface area contributed by atoms with Gasteiger partial charge in [-0.15, -0.1) is 11.8 Å². The van der Waals surface area contributed by atoms with Gasteiger partial charge in [0.05, 0.1) is 24.3 Å². The summed E-state index contributed by atoms with van der Waals surface area (Å²) < 4.78 is 11.6. The fraction of sp³-hybridized carbons (Fsp3) is 0.733. The molecule has 330 valence electrons. The highest BCUT2D eigenvalue weighted by Crippen LogP contribution is 2.39. The van der Waals surface area contributed by atoms with Gasteiger partial charge in [-0.25, -0.2) is 4.79 Å². The second kappa shape index (κ2) is 20.3. The van der Waals surface area contributed by atoms with Crippen LogP contribution in [-0.2, 0) is 35.1 Å². The summed E-state index contributed by atoms with van der Waals surface area (Å²) in [4.78, 5) is 80.3. The number of aliphatic hydroxyl groups is 1. The lowest BCUT2D eigenvalue weighted by molar-refractivity contribution is -0.166. The molecule has 4 amide bonds. The van der Waals surface area contributed by atoms with Crippen LogP contribution in [0.3, 0.4) is 0 Å². The van der Waals surface area contributed by atoms with E-state index in [2.05, 4.69) is 12.2 Å². The summed E-state index contributed by atoms with van der Waals surface area (Å²) in [6, 6.07) is 3.47. The van der Waals surface area contributed by atoms with Gasteiger partial charge in [-0.1, -0.05) is 73.9 Å². The number of methoxy groups -OCH3 is 1. The predicted octanol–water partition coefficient (Wildman–Crippen LogP) is 5.50. The molecule has 14 heteroatoms. The average Bonchev–Trinajstić information content (AvgIpc) is 3.89. The van der Waals surface area contributed by atoms with E-state index >= 15 is 0 Å². The number of likely N-dealkylation sites (N-methyl/N-ethyl adjacent to an activating group) is 2. The number of hydrogen-bond donors (Lipinski definition) is 2. The van der Waals surface area contributed by atoms with Gasteiger partial charge in [0.25, 0.3) is 0 Å². The highest BCUT2D eigenvalue weighted by Gasteiger charge is 2.45. The number of aliphatic imine (C=N–C) groups is 1. The van der Waals surface area contributed by atoms with Crippen LogP contribution < -0.4 is 10.1 Å². The van der Waals surface area contributed by atoms with E-state index in [9.17, 15) is 29.1 Å². The van der Waals surface area contributed by atoms with Crippen LogP contribution in [0.1, 0.15) is 113 Å². The Hall–Kier alpha value is -3.65. The van der Waals surface area contributed by atoms with Crippen molar-refractivity contribution in [1.29, 1.82) is 0 Å². The number of ether oxygens (including phenoxy) is 2. The molecule has 0 saturated carbocycles. The third-order valence-corrected chi connectivity index (χ3v) is 14.3. The van der Waals surface area contributed by atoms with E-state index in [1.165, 1.54) is 9.80 Å². The lowest BCUT2D eigenvalue weighted by Crippen LogP contribution is -2.59. The highest BCUT2D eigenvalue weighted by atomic mass is 32.2. The lowest BCUT2D eigenvalue weighted by Gasteiger charge is -2.39. The molecule has 59 heavy (non-hydrogen) atoms. The van der Waals surface area contributed by atoms with Crippen LogP contribution in [0.15, 0.2) is 29.3 Å². The number of rotatable bonds is 5. The van der Waals surface area contributed by atoms with Crippen LogP contribution in [0, 0.1) is 22.7 Å². The van der Waals surface area contributed by atoms with Crippen molar-refractivity contribution in [2.24, 2.45) is 27.7 Å². The molecule has 9 atom stereocenters. The first-order valence-electron chi connectivity index (χ1n) is 21.5. The fourth-order valence-electron chi connectivity index (χ4n) is 8.25. The van der Waals surface area contributed by atoms with Crippen molar-refractivity contribution >= 4 is 46.4 Å². The number of hydrogen-bond acceptors (Lipinski definition) is 10. The van der Waals surface area contributed by atoms with Gasteiger partial charge in [0, 0.05) is 44.6 Å². The SMILES string of the molecule is CCC(C)C1C(=O)N2CCCC2C(=O)OC(C(C)(C)C)CC(C)CC(O)C(C)(C)C2=NC(CCC(=O)NC(Cc3ccc(OC)cc3)C(=O)N(C)C(C)C(=O)N1C)CS2. The van der Waals surface area contributed by atoms with Gasteiger partial charge in [-0.2, -0.15) is 0 Å². The number of nitrogens with one attached hydrogen (secondary N) is 1. The largest absolute Gasteiger partial charge is 0.497 e. The number of benzene rings is 1. The Bertz CT molecular complexity index is 1680. The van der Waals surface area contributed by atoms with Gasteiger partial charge in [0.15, 0.2) is 0 Å². The van der Waals surface area contributed by atoms with Crippen molar-refractivity contribution in [3.8, 4) is 5.75 Å². The summed E-state index contributed by atoms with van der Waals surface area (Å²) in [7, 11) is 4.70. The topological polar surface area (TPSA) is 158 Å². The van der Waals surface area contributed by atoms with Gasteiger partial charge in [-0.3, -0.25) is 24.2 Å². The van der Waals surface area contributed by atoms with Crippen molar-refractivity contribution in [3.05, 3.63) is 29.8 Å². The maximum atomic E-state index is 14.6. The Kier molecular flexibility index (Phi) is 16.5. The molecule has 1 saturated heterocycles. The molecule has 3 aliphatic heterocycles. The van der Waals surface area contributed by atoms with Crippen molar-refractivity contribution < 1.29 is 38.6 Å². The minimum atomic E-state index is -0.982. The molecular formula is C45H71N5O8S. The Labute approximate surface area is 356 Å². The standard InChI is InChI=1S/C45H71N5O8S/c1-13-28(3)38-41(55)50-22-14-15-34(50)42(56)58-36(44(5,6)7)24-27(2)23-35(51)45(8,9)43-46-31(26-59-43)18-21-37(52)47-33(25-30-16-19-32(57-12)20-17-30)40(54)48(10)29(4)39(53)49(38)11/h16-17,19-20,27-29,31,33-36,38,51H,13-15,18,21-26H2,1-12H3,(H,47,52). The first-order valence-corrected chi connectivity index (χ1v) is 22.4. The van der Waals surface area contributed by atoms with E-state index in [1.807, 2.05) is 60.6 Å². The number of carbonyl (C=O) groups excluding carboxylic acids is 5. The first kappa shape index (κ1) is 48.0. The highest BCUT2D eigenvalue weighted by molar-refractivity contribution is 8.14. The quantitative estimate of drug-likeness (QED) is 0.366. The van der Waals surface area contributed by atoms with E-state index in [4.69, 9.17) is 14.5 Å². The normalized spacial score (nSPS) is 30.5. The molecule has 4 rings (SSSR count). The average molecular weight is 842 g/mol. The Balaban J connectivity index is 1.71. The molecule has 9 unspecified atom stereocenters. The van der Waals surface area contributed by atoms with Gasteiger partial charge >= 0.3 is 5.97 Å². The molecular weight excluding hydrogens is 771 g/mol. The smallest absolute Gasteiger partial charge is 0.329 e. The third kappa shape index (κ3) is 11.8. The summed E-state index contributed by atoms with van der Waals surface area (Å²) in [5, 5.41) is 15.5. The number of esters is 1. The summed E-state index contributed by atoms with van der Waals surface area (Å²) in [5.74, 6) is -0.903. The lowest BCUT2D eigenvalue weighted by atomic mass is 9.78. The Morgan fingerprint density at radius 2 is 1.66 bits per heavy atom. The number of aliphatic hydroxyl groups excluding tert-OH is 1. The van der Waals surface area contributed by atoms with Gasteiger partial charge in [0.1, 0.15) is 36.0 Å². The van der Waals surface area contributed by atoms with Crippen molar-refractivity contribution in [1.82, 2.24) is 20.0 Å². The summed E-state index contributed by atoms with van der Waals surface area (Å²) in [6.45, 7) is 18.0. The second-order valence-electron chi connectivity index (χ2n) is 18.8. The molecule has 1 fully saturated rings. The molecule has 0 aliphatic carbocycles. The van der Waals surface area contributed by atoms with Crippen LogP contribution >= 0.6 is 11.8 Å². The molecule has 1 aromatic rings. The van der Waals surface area contributed by atoms with Crippen molar-refractivity contribution in [3.63, 3.8) is 0 Å². The van der Waals surface area contributed by atoms with Gasteiger partial charge in [-0.05, 0) is 74.0 Å². The van der Waals surface area contributed by atoms with E-state index in [1.54, 1.807) is 56.9 Å². The Morgan fingerprint density at radius 1 is 1.00 bits per heavy atom. The maximum absolute atomic E-state index is 14.6. The van der Waals surface area contributed by atoms with E-state index in [0.717, 1.165) is 10.6 Å². The zero-order chi connectivity index (χ0) is 44.0. The molecule has 3 aliphatic rings. The number of nitrogens with zero attached hydrogens (tertiary/aromatic N) is 4. The zero-order valence-electron chi connectivity index (χ0n) is 37.6. The molecule has 0 aromatic heterocycles. The van der Waals surface area contributed by atoms with E-state index in [0.29, 0.717) is 56.6 Å². The molecule has 1 aromatic carbocycles. The number of cyclic esters (lactones) is 1. The van der Waals surface area contributed by atoms with E-state index < -0.39 is 65.0 Å². The third-order valence-electron chi connectivity index (χ3n) is 12.8. The predicted molar refractivity (Wildman–Crippen MR) is 232 cm³/mol. The first-order chi connectivity index (χ1) is 27.6. The molecule has 13 nitrogen and oxygen atoms in total. The zero-order valence-corrected chi connectivity index (χ0v) is 38.4. The van der Waals surface area contributed by atoms with Crippen LogP contribution in [0.4, 0.5) is 0 Å². The van der Waals surface area contributed by atoms with Gasteiger partial charge < -0.3 is 34.6 Å². The van der Waals surface area contributed by atoms with Crippen molar-refractivity contribution in [2.75, 3.05) is 33.5 Å². The molecule has 0 radical (unpaired) electrons. The van der Waals surface area contributed by atoms with Crippen LogP contribution in [0.2, 0.25) is 0 Å².